The molecular formula is C15H16N2O4. The van der Waals surface area contributed by atoms with E-state index in [1.165, 1.54) is 0 Å². The highest BCUT2D eigenvalue weighted by molar-refractivity contribution is 5.87. The second kappa shape index (κ2) is 6.69. The molecule has 0 fully saturated rings. The molecule has 2 aromatic rings. The van der Waals surface area contributed by atoms with Crippen molar-refractivity contribution in [1.82, 2.24) is 10.5 Å². The van der Waals surface area contributed by atoms with E-state index in [-0.39, 0.29) is 17.9 Å². The molecule has 0 saturated heterocycles. The summed E-state index contributed by atoms with van der Waals surface area (Å²) < 4.78 is 4.89. The summed E-state index contributed by atoms with van der Waals surface area (Å²) in [5, 5.41) is 15.3. The number of rotatable bonds is 6. The Morgan fingerprint density at radius 3 is 2.57 bits per heavy atom. The maximum atomic E-state index is 11.7. The zero-order valence-corrected chi connectivity index (χ0v) is 11.6. The summed E-state index contributed by atoms with van der Waals surface area (Å²) in [5.74, 6) is -0.389. The van der Waals surface area contributed by atoms with Gasteiger partial charge >= 0.3 is 5.97 Å². The lowest BCUT2D eigenvalue weighted by Gasteiger charge is -2.04. The van der Waals surface area contributed by atoms with E-state index in [4.69, 9.17) is 9.63 Å². The third-order valence-corrected chi connectivity index (χ3v) is 2.96. The Labute approximate surface area is 121 Å². The van der Waals surface area contributed by atoms with Gasteiger partial charge in [0.1, 0.15) is 5.76 Å². The topological polar surface area (TPSA) is 92.4 Å². The normalized spacial score (nSPS) is 10.3. The van der Waals surface area contributed by atoms with E-state index in [1.807, 2.05) is 0 Å². The van der Waals surface area contributed by atoms with Crippen LogP contribution in [0.3, 0.4) is 0 Å². The van der Waals surface area contributed by atoms with Crippen molar-refractivity contribution in [2.75, 3.05) is 6.54 Å². The average Bonchev–Trinajstić information content (AvgIpc) is 2.84. The molecule has 0 bridgehead atoms. The lowest BCUT2D eigenvalue weighted by Crippen LogP contribution is -2.27. The fourth-order valence-electron chi connectivity index (χ4n) is 1.89. The molecule has 0 aliphatic carbocycles. The number of nitrogens with zero attached hydrogens (tertiary/aromatic N) is 1. The number of carboxylic acid groups (broad SMARTS) is 1. The second-order valence-corrected chi connectivity index (χ2v) is 4.71. The number of hydrogen-bond donors (Lipinski definition) is 2. The van der Waals surface area contributed by atoms with Gasteiger partial charge in [0.15, 0.2) is 0 Å². The number of aromatic nitrogens is 1. The Morgan fingerprint density at radius 2 is 2.00 bits per heavy atom. The van der Waals surface area contributed by atoms with Crippen LogP contribution in [0.1, 0.15) is 27.4 Å². The number of carboxylic acids is 1. The number of aryl methyl sites for hydroxylation is 1. The first kappa shape index (κ1) is 14.8. The maximum absolute atomic E-state index is 11.7. The molecule has 0 atom stereocenters. The fraction of sp³-hybridized carbons (Fsp3) is 0.267. The van der Waals surface area contributed by atoms with E-state index >= 15 is 0 Å². The molecule has 1 amide bonds. The first-order valence-corrected chi connectivity index (χ1v) is 6.56. The van der Waals surface area contributed by atoms with Crippen LogP contribution in [0, 0.1) is 6.92 Å². The molecule has 0 unspecified atom stereocenters. The Kier molecular flexibility index (Phi) is 4.71. The SMILES string of the molecule is Cc1cc(CC(=O)NCCc2ccc(C(=O)O)cc2)no1. The number of benzene rings is 1. The van der Waals surface area contributed by atoms with Crippen LogP contribution in [0.4, 0.5) is 0 Å². The minimum atomic E-state index is -0.947. The Morgan fingerprint density at radius 1 is 1.29 bits per heavy atom. The summed E-state index contributed by atoms with van der Waals surface area (Å²) >= 11 is 0. The summed E-state index contributed by atoms with van der Waals surface area (Å²) in [4.78, 5) is 22.4. The van der Waals surface area contributed by atoms with Gasteiger partial charge in [0.05, 0.1) is 17.7 Å². The Balaban J connectivity index is 1.76. The van der Waals surface area contributed by atoms with Gasteiger partial charge in [-0.15, -0.1) is 0 Å². The lowest BCUT2D eigenvalue weighted by atomic mass is 10.1. The smallest absolute Gasteiger partial charge is 0.335 e. The van der Waals surface area contributed by atoms with E-state index < -0.39 is 5.97 Å². The van der Waals surface area contributed by atoms with Gasteiger partial charge in [-0.2, -0.15) is 0 Å². The van der Waals surface area contributed by atoms with Crippen molar-refractivity contribution in [1.29, 1.82) is 0 Å². The zero-order chi connectivity index (χ0) is 15.2. The third kappa shape index (κ3) is 4.45. The Hall–Kier alpha value is -2.63. The molecule has 1 aromatic heterocycles. The number of aromatic carboxylic acids is 1. The van der Waals surface area contributed by atoms with Crippen molar-refractivity contribution in [2.24, 2.45) is 0 Å². The summed E-state index contributed by atoms with van der Waals surface area (Å²) in [7, 11) is 0. The van der Waals surface area contributed by atoms with Crippen LogP contribution >= 0.6 is 0 Å². The molecule has 0 radical (unpaired) electrons. The number of hydrogen-bond acceptors (Lipinski definition) is 4. The summed E-state index contributed by atoms with van der Waals surface area (Å²) in [6.07, 6.45) is 0.832. The minimum absolute atomic E-state index is 0.120. The molecule has 6 nitrogen and oxygen atoms in total. The maximum Gasteiger partial charge on any atom is 0.335 e. The van der Waals surface area contributed by atoms with Gasteiger partial charge in [0.2, 0.25) is 5.91 Å². The number of nitrogens with one attached hydrogen (secondary N) is 1. The highest BCUT2D eigenvalue weighted by Gasteiger charge is 2.07. The molecule has 0 aliphatic heterocycles. The van der Waals surface area contributed by atoms with Crippen molar-refractivity contribution in [2.45, 2.75) is 19.8 Å². The highest BCUT2D eigenvalue weighted by atomic mass is 16.5. The van der Waals surface area contributed by atoms with Crippen molar-refractivity contribution < 1.29 is 19.2 Å². The van der Waals surface area contributed by atoms with Crippen LogP contribution in [0.2, 0.25) is 0 Å². The summed E-state index contributed by atoms with van der Waals surface area (Å²) in [6.45, 7) is 2.26. The van der Waals surface area contributed by atoms with Gasteiger partial charge in [-0.3, -0.25) is 4.79 Å². The van der Waals surface area contributed by atoms with Gasteiger partial charge in [0, 0.05) is 12.6 Å². The first-order valence-electron chi connectivity index (χ1n) is 6.56. The van der Waals surface area contributed by atoms with E-state index in [1.54, 1.807) is 37.3 Å². The molecule has 0 aliphatic rings. The fourth-order valence-corrected chi connectivity index (χ4v) is 1.89. The molecule has 1 heterocycles. The van der Waals surface area contributed by atoms with Crippen molar-refractivity contribution in [3.8, 4) is 0 Å². The van der Waals surface area contributed by atoms with Gasteiger partial charge in [-0.1, -0.05) is 17.3 Å². The summed E-state index contributed by atoms with van der Waals surface area (Å²) in [5.41, 5.74) is 1.83. The van der Waals surface area contributed by atoms with E-state index in [0.717, 1.165) is 5.56 Å². The Bertz CT molecular complexity index is 631. The monoisotopic (exact) mass is 288 g/mol. The molecule has 6 heteroatoms. The van der Waals surface area contributed by atoms with E-state index in [0.29, 0.717) is 24.4 Å². The van der Waals surface area contributed by atoms with E-state index in [9.17, 15) is 9.59 Å². The quantitative estimate of drug-likeness (QED) is 0.842. The molecule has 1 aromatic carbocycles. The number of carbonyl (C=O) groups is 2. The van der Waals surface area contributed by atoms with Gasteiger partial charge in [0.25, 0.3) is 0 Å². The van der Waals surface area contributed by atoms with Gasteiger partial charge in [-0.25, -0.2) is 4.79 Å². The first-order chi connectivity index (χ1) is 10.0. The number of amides is 1. The molecule has 0 spiro atoms. The second-order valence-electron chi connectivity index (χ2n) is 4.71. The largest absolute Gasteiger partial charge is 0.478 e. The molecule has 2 rings (SSSR count). The molecule has 110 valence electrons. The number of carbonyl (C=O) groups excluding carboxylic acids is 1. The van der Waals surface area contributed by atoms with Gasteiger partial charge in [-0.05, 0) is 31.0 Å². The van der Waals surface area contributed by atoms with Crippen LogP contribution < -0.4 is 5.32 Å². The standard InChI is InChI=1S/C15H16N2O4/c1-10-8-13(17-21-10)9-14(18)16-7-6-11-2-4-12(5-3-11)15(19)20/h2-5,8H,6-7,9H2,1H3,(H,16,18)(H,19,20). The molecule has 21 heavy (non-hydrogen) atoms. The van der Waals surface area contributed by atoms with Crippen LogP contribution in [0.5, 0.6) is 0 Å². The van der Waals surface area contributed by atoms with Gasteiger partial charge < -0.3 is 14.9 Å². The minimum Gasteiger partial charge on any atom is -0.478 e. The van der Waals surface area contributed by atoms with Crippen LogP contribution in [-0.4, -0.2) is 28.7 Å². The van der Waals surface area contributed by atoms with Crippen molar-refractivity contribution >= 4 is 11.9 Å². The average molecular weight is 288 g/mol. The van der Waals surface area contributed by atoms with Crippen LogP contribution in [0.25, 0.3) is 0 Å². The van der Waals surface area contributed by atoms with Crippen molar-refractivity contribution in [3.63, 3.8) is 0 Å². The predicted molar refractivity (Wildman–Crippen MR) is 75.1 cm³/mol. The predicted octanol–water partition coefficient (Wildman–Crippen LogP) is 1.58. The van der Waals surface area contributed by atoms with Crippen LogP contribution in [-0.2, 0) is 17.6 Å². The molecular weight excluding hydrogens is 272 g/mol. The zero-order valence-electron chi connectivity index (χ0n) is 11.6. The van der Waals surface area contributed by atoms with E-state index in [2.05, 4.69) is 10.5 Å². The molecule has 0 saturated carbocycles. The lowest BCUT2D eigenvalue weighted by molar-refractivity contribution is -0.120. The highest BCUT2D eigenvalue weighted by Crippen LogP contribution is 2.05. The third-order valence-electron chi connectivity index (χ3n) is 2.96. The van der Waals surface area contributed by atoms with Crippen molar-refractivity contribution in [3.05, 3.63) is 52.9 Å². The molecule has 2 N–H and O–H groups in total. The van der Waals surface area contributed by atoms with Crippen LogP contribution in [0.15, 0.2) is 34.9 Å². The summed E-state index contributed by atoms with van der Waals surface area (Å²) in [6, 6.07) is 8.33.